The van der Waals surface area contributed by atoms with E-state index >= 15 is 0 Å². The van der Waals surface area contributed by atoms with Gasteiger partial charge in [0.1, 0.15) is 11.6 Å². The number of carbonyl (C=O) groups is 3. The summed E-state index contributed by atoms with van der Waals surface area (Å²) >= 11 is 3.74. The van der Waals surface area contributed by atoms with Crippen molar-refractivity contribution in [2.75, 3.05) is 24.6 Å². The number of carbonyl (C=O) groups excluding carboxylic acids is 3. The highest BCUT2D eigenvalue weighted by Gasteiger charge is 2.77. The fraction of sp³-hybridized carbons (Fsp3) is 0.567. The predicted molar refractivity (Wildman–Crippen MR) is 154 cm³/mol. The molecule has 1 aromatic carbocycles. The molecule has 7 atom stereocenters. The van der Waals surface area contributed by atoms with Gasteiger partial charge in [-0.15, -0.1) is 13.2 Å². The van der Waals surface area contributed by atoms with Gasteiger partial charge in [0.2, 0.25) is 17.7 Å². The lowest BCUT2D eigenvalue weighted by atomic mass is 9.70. The van der Waals surface area contributed by atoms with Crippen molar-refractivity contribution >= 4 is 39.3 Å². The molecule has 0 aromatic heterocycles. The monoisotopic (exact) mass is 601 g/mol. The third-order valence-corrected chi connectivity index (χ3v) is 9.20. The highest BCUT2D eigenvalue weighted by Crippen LogP contribution is 2.61. The van der Waals surface area contributed by atoms with Gasteiger partial charge in [-0.1, -0.05) is 53.2 Å². The molecule has 0 aliphatic carbocycles. The Morgan fingerprint density at radius 3 is 2.38 bits per heavy atom. The topological polar surface area (TPSA) is 90.4 Å². The molecule has 1 N–H and O–H groups in total. The number of alkyl halides is 1. The van der Waals surface area contributed by atoms with E-state index in [4.69, 9.17) is 4.74 Å². The first-order chi connectivity index (χ1) is 18.5. The van der Waals surface area contributed by atoms with E-state index < -0.39 is 41.2 Å². The predicted octanol–water partition coefficient (Wildman–Crippen LogP) is 3.54. The molecule has 3 unspecified atom stereocenters. The van der Waals surface area contributed by atoms with Crippen LogP contribution in [0, 0.1) is 11.8 Å². The van der Waals surface area contributed by atoms with Crippen molar-refractivity contribution < 1.29 is 24.2 Å². The van der Waals surface area contributed by atoms with Crippen LogP contribution >= 0.6 is 15.9 Å². The molecule has 8 nitrogen and oxygen atoms in total. The summed E-state index contributed by atoms with van der Waals surface area (Å²) in [7, 11) is 0. The lowest BCUT2D eigenvalue weighted by molar-refractivity contribution is -0.154. The molecular formula is C30H40BrN3O5. The zero-order valence-electron chi connectivity index (χ0n) is 23.3. The fourth-order valence-electron chi connectivity index (χ4n) is 6.65. The number of ether oxygens (including phenoxy) is 1. The lowest BCUT2D eigenvalue weighted by Gasteiger charge is -2.43. The smallest absolute Gasteiger partial charge is 0.249 e. The van der Waals surface area contributed by atoms with Crippen molar-refractivity contribution in [3.63, 3.8) is 0 Å². The van der Waals surface area contributed by atoms with Gasteiger partial charge >= 0.3 is 0 Å². The van der Waals surface area contributed by atoms with Gasteiger partial charge in [-0.2, -0.15) is 0 Å². The number of rotatable bonds is 10. The Morgan fingerprint density at radius 1 is 1.21 bits per heavy atom. The average Bonchev–Trinajstić information content (AvgIpc) is 3.49. The van der Waals surface area contributed by atoms with E-state index in [9.17, 15) is 19.5 Å². The Bertz CT molecular complexity index is 1120. The molecular weight excluding hydrogens is 562 g/mol. The standard InChI is InChI=1S/C30H40BrN3O5/c1-7-15-32(20-13-11-10-12-14-20)26(36)22-23-27(37)34(19(9-3)18-35)25(30(23)17-21(31)24(22)39-30)28(38)33(16-8-2)29(4,5)6/h7-8,10-14,19,21-25,35H,1-2,9,15-18H2,3-6H3/t19-,21?,22+,23-,24+,25?,30?/m0/s1. The molecule has 0 radical (unpaired) electrons. The van der Waals surface area contributed by atoms with Gasteiger partial charge in [0, 0.05) is 29.1 Å². The summed E-state index contributed by atoms with van der Waals surface area (Å²) in [5, 5.41) is 10.3. The quantitative estimate of drug-likeness (QED) is 0.327. The van der Waals surface area contributed by atoms with Crippen molar-refractivity contribution in [2.45, 2.75) is 74.7 Å². The van der Waals surface area contributed by atoms with Crippen molar-refractivity contribution in [3.05, 3.63) is 55.6 Å². The lowest BCUT2D eigenvalue weighted by Crippen LogP contribution is -2.61. The van der Waals surface area contributed by atoms with Crippen LogP contribution in [0.15, 0.2) is 55.6 Å². The first-order valence-corrected chi connectivity index (χ1v) is 14.5. The van der Waals surface area contributed by atoms with Crippen molar-refractivity contribution in [2.24, 2.45) is 11.8 Å². The van der Waals surface area contributed by atoms with Crippen LogP contribution in [0.4, 0.5) is 5.69 Å². The minimum Gasteiger partial charge on any atom is -0.394 e. The van der Waals surface area contributed by atoms with Gasteiger partial charge in [0.15, 0.2) is 0 Å². The Labute approximate surface area is 239 Å². The summed E-state index contributed by atoms with van der Waals surface area (Å²) in [6.07, 6.45) is 3.62. The van der Waals surface area contributed by atoms with Crippen LogP contribution in [0.2, 0.25) is 0 Å². The summed E-state index contributed by atoms with van der Waals surface area (Å²) in [6.45, 7) is 15.6. The average molecular weight is 603 g/mol. The summed E-state index contributed by atoms with van der Waals surface area (Å²) in [5.74, 6) is -2.45. The summed E-state index contributed by atoms with van der Waals surface area (Å²) in [5.41, 5.74) is -1.05. The Balaban J connectivity index is 1.84. The zero-order valence-corrected chi connectivity index (χ0v) is 24.8. The van der Waals surface area contributed by atoms with Gasteiger partial charge in [-0.25, -0.2) is 0 Å². The van der Waals surface area contributed by atoms with Crippen LogP contribution in [0.3, 0.4) is 0 Å². The van der Waals surface area contributed by atoms with E-state index in [0.29, 0.717) is 25.1 Å². The zero-order chi connectivity index (χ0) is 28.7. The number of halogens is 1. The van der Waals surface area contributed by atoms with Gasteiger partial charge in [0.25, 0.3) is 0 Å². The Kier molecular flexibility index (Phi) is 8.45. The molecule has 3 heterocycles. The van der Waals surface area contributed by atoms with E-state index in [2.05, 4.69) is 29.1 Å². The summed E-state index contributed by atoms with van der Waals surface area (Å²) in [6, 6.07) is 7.73. The third kappa shape index (κ3) is 4.76. The maximum atomic E-state index is 14.4. The number of likely N-dealkylation sites (tertiary alicyclic amines) is 1. The molecule has 3 aliphatic heterocycles. The van der Waals surface area contributed by atoms with E-state index in [0.717, 1.165) is 0 Å². The second-order valence-electron chi connectivity index (χ2n) is 11.6. The van der Waals surface area contributed by atoms with E-state index in [-0.39, 0.29) is 35.7 Å². The van der Waals surface area contributed by atoms with Crippen LogP contribution in [0.25, 0.3) is 0 Å². The number of para-hydroxylation sites is 1. The fourth-order valence-corrected chi connectivity index (χ4v) is 7.59. The molecule has 9 heteroatoms. The minimum atomic E-state index is -1.20. The summed E-state index contributed by atoms with van der Waals surface area (Å²) < 4.78 is 6.67. The number of hydrogen-bond acceptors (Lipinski definition) is 5. The molecule has 2 bridgehead atoms. The maximum Gasteiger partial charge on any atom is 0.249 e. The maximum absolute atomic E-state index is 14.4. The number of benzene rings is 1. The van der Waals surface area contributed by atoms with Crippen LogP contribution in [-0.4, -0.2) is 86.5 Å². The summed E-state index contributed by atoms with van der Waals surface area (Å²) in [4.78, 5) is 47.7. The molecule has 4 rings (SSSR count). The molecule has 1 aromatic rings. The number of aliphatic hydroxyl groups excluding tert-OH is 1. The van der Waals surface area contributed by atoms with Gasteiger partial charge in [-0.3, -0.25) is 14.4 Å². The second-order valence-corrected chi connectivity index (χ2v) is 12.8. The van der Waals surface area contributed by atoms with Crippen molar-refractivity contribution in [1.29, 1.82) is 0 Å². The van der Waals surface area contributed by atoms with Crippen LogP contribution < -0.4 is 4.90 Å². The van der Waals surface area contributed by atoms with E-state index in [1.54, 1.807) is 22.0 Å². The van der Waals surface area contributed by atoms with Crippen LogP contribution in [-0.2, 0) is 19.1 Å². The SMILES string of the molecule is C=CCN(C(=O)[C@H]1[C@@H]2OC3(CC2Br)C(C(=O)N(CC=C)C(C)(C)C)N([C@@H](CC)CO)C(=O)[C@H]13)c1ccccc1. The van der Waals surface area contributed by atoms with Gasteiger partial charge in [-0.05, 0) is 45.7 Å². The van der Waals surface area contributed by atoms with Crippen LogP contribution in [0.5, 0.6) is 0 Å². The van der Waals surface area contributed by atoms with Gasteiger partial charge < -0.3 is 24.5 Å². The third-order valence-electron chi connectivity index (χ3n) is 8.35. The molecule has 39 heavy (non-hydrogen) atoms. The highest BCUT2D eigenvalue weighted by atomic mass is 79.9. The minimum absolute atomic E-state index is 0.219. The number of hydrogen-bond donors (Lipinski definition) is 1. The largest absolute Gasteiger partial charge is 0.394 e. The molecule has 3 saturated heterocycles. The van der Waals surface area contributed by atoms with Crippen LogP contribution in [0.1, 0.15) is 40.5 Å². The number of fused-ring (bicyclic) bond motifs is 1. The highest BCUT2D eigenvalue weighted by molar-refractivity contribution is 9.09. The van der Waals surface area contributed by atoms with Gasteiger partial charge in [0.05, 0.1) is 30.6 Å². The Hall–Kier alpha value is -2.49. The first-order valence-electron chi connectivity index (χ1n) is 13.6. The normalized spacial score (nSPS) is 30.2. The second kappa shape index (κ2) is 11.2. The number of nitrogens with zero attached hydrogens (tertiary/aromatic N) is 3. The molecule has 3 aliphatic rings. The number of amides is 3. The van der Waals surface area contributed by atoms with Crippen molar-refractivity contribution in [3.8, 4) is 0 Å². The first kappa shape index (κ1) is 29.5. The molecule has 0 saturated carbocycles. The Morgan fingerprint density at radius 2 is 1.85 bits per heavy atom. The molecule has 3 fully saturated rings. The molecule has 1 spiro atoms. The van der Waals surface area contributed by atoms with Crippen molar-refractivity contribution in [1.82, 2.24) is 9.80 Å². The molecule has 3 amide bonds. The van der Waals surface area contributed by atoms with E-state index in [1.807, 2.05) is 58.0 Å². The van der Waals surface area contributed by atoms with E-state index in [1.165, 1.54) is 4.90 Å². The molecule has 212 valence electrons. The number of anilines is 1. The number of aliphatic hydroxyl groups is 1.